The van der Waals surface area contributed by atoms with E-state index >= 15 is 0 Å². The Balaban J connectivity index is 1.67. The van der Waals surface area contributed by atoms with Crippen LogP contribution < -0.4 is 5.32 Å². The normalized spacial score (nSPS) is 11.9. The molecule has 0 unspecified atom stereocenters. The van der Waals surface area contributed by atoms with Crippen LogP contribution in [0, 0.1) is 5.92 Å². The van der Waals surface area contributed by atoms with E-state index < -0.39 is 0 Å². The fraction of sp³-hybridized carbons (Fsp3) is 0.423. The minimum absolute atomic E-state index is 0.0820. The van der Waals surface area contributed by atoms with E-state index in [4.69, 9.17) is 0 Å². The molecule has 35 heavy (non-hydrogen) atoms. The molecule has 8 nitrogen and oxygen atoms in total. The van der Waals surface area contributed by atoms with Crippen LogP contribution in [0.1, 0.15) is 45.6 Å². The highest BCUT2D eigenvalue weighted by molar-refractivity contribution is 7.81. The number of hydrogen-bond acceptors (Lipinski definition) is 6. The first-order valence-corrected chi connectivity index (χ1v) is 12.6. The lowest BCUT2D eigenvalue weighted by atomic mass is 9.98. The van der Waals surface area contributed by atoms with Crippen LogP contribution in [0.5, 0.6) is 0 Å². The topological polar surface area (TPSA) is 104 Å². The number of H-pyrrole nitrogens is 1. The summed E-state index contributed by atoms with van der Waals surface area (Å²) >= 11 is 4.40. The maximum absolute atomic E-state index is 12.7. The Hall–Kier alpha value is -3.20. The van der Waals surface area contributed by atoms with Crippen molar-refractivity contribution in [1.82, 2.24) is 30.8 Å². The summed E-state index contributed by atoms with van der Waals surface area (Å²) < 4.78 is 0. The standard InChI is InChI=1S/C26H34N6O2S/c1-4-7-24(33)32(15-14-27-26(34)23(35)16-18(2)3)17-19-10-12-20(13-11-19)21-8-5-6-9-22(21)25-28-30-31-29-25/h5-6,8-13,18,23,35H,4,7,14-17H2,1-3H3,(H,27,34)(H,28,29,30,31)/t23-/m1/s1. The Morgan fingerprint density at radius 3 is 2.43 bits per heavy atom. The Kier molecular flexibility index (Phi) is 9.84. The van der Waals surface area contributed by atoms with Crippen molar-refractivity contribution in [3.8, 4) is 22.5 Å². The molecule has 3 rings (SSSR count). The molecule has 9 heteroatoms. The highest BCUT2D eigenvalue weighted by Crippen LogP contribution is 2.29. The van der Waals surface area contributed by atoms with Crippen molar-refractivity contribution in [2.75, 3.05) is 13.1 Å². The van der Waals surface area contributed by atoms with E-state index in [0.29, 0.717) is 37.8 Å². The molecule has 0 aliphatic heterocycles. The summed E-state index contributed by atoms with van der Waals surface area (Å²) in [5, 5.41) is 16.8. The summed E-state index contributed by atoms with van der Waals surface area (Å²) in [5.41, 5.74) is 3.99. The van der Waals surface area contributed by atoms with Gasteiger partial charge in [0.25, 0.3) is 0 Å². The van der Waals surface area contributed by atoms with E-state index in [2.05, 4.69) is 52.4 Å². The minimum atomic E-state index is -0.335. The van der Waals surface area contributed by atoms with Gasteiger partial charge in [0, 0.05) is 31.6 Å². The lowest BCUT2D eigenvalue weighted by Gasteiger charge is -2.24. The molecule has 0 saturated heterocycles. The quantitative estimate of drug-likeness (QED) is 0.329. The average molecular weight is 495 g/mol. The fourth-order valence-corrected chi connectivity index (χ4v) is 4.39. The van der Waals surface area contributed by atoms with E-state index in [-0.39, 0.29) is 17.1 Å². The van der Waals surface area contributed by atoms with Gasteiger partial charge in [0.2, 0.25) is 11.8 Å². The highest BCUT2D eigenvalue weighted by Gasteiger charge is 2.17. The smallest absolute Gasteiger partial charge is 0.232 e. The predicted octanol–water partition coefficient (Wildman–Crippen LogP) is 4.12. The molecular weight excluding hydrogens is 460 g/mol. The van der Waals surface area contributed by atoms with Crippen molar-refractivity contribution in [3.63, 3.8) is 0 Å². The van der Waals surface area contributed by atoms with Crippen molar-refractivity contribution in [3.05, 3.63) is 54.1 Å². The molecule has 186 valence electrons. The molecular formula is C26H34N6O2S. The van der Waals surface area contributed by atoms with E-state index in [1.807, 2.05) is 60.4 Å². The van der Waals surface area contributed by atoms with Crippen LogP contribution in [0.15, 0.2) is 48.5 Å². The molecule has 1 aromatic heterocycles. The molecule has 2 N–H and O–H groups in total. The molecule has 0 aliphatic carbocycles. The lowest BCUT2D eigenvalue weighted by molar-refractivity contribution is -0.132. The molecule has 2 aromatic carbocycles. The van der Waals surface area contributed by atoms with E-state index in [1.54, 1.807) is 0 Å². The third kappa shape index (κ3) is 7.65. The maximum atomic E-state index is 12.7. The molecule has 3 aromatic rings. The number of tetrazole rings is 1. The third-order valence-corrected chi connectivity index (χ3v) is 6.11. The van der Waals surface area contributed by atoms with Gasteiger partial charge in [0.15, 0.2) is 5.82 Å². The van der Waals surface area contributed by atoms with Gasteiger partial charge < -0.3 is 10.2 Å². The molecule has 1 heterocycles. The largest absolute Gasteiger partial charge is 0.353 e. The first-order chi connectivity index (χ1) is 16.9. The molecule has 0 fully saturated rings. The van der Waals surface area contributed by atoms with E-state index in [1.165, 1.54) is 0 Å². The van der Waals surface area contributed by atoms with Gasteiger partial charge in [-0.2, -0.15) is 12.6 Å². The van der Waals surface area contributed by atoms with Crippen molar-refractivity contribution in [2.24, 2.45) is 5.92 Å². The van der Waals surface area contributed by atoms with E-state index in [0.717, 1.165) is 35.1 Å². The number of carbonyl (C=O) groups excluding carboxylic acids is 2. The molecule has 0 bridgehead atoms. The molecule has 1 atom stereocenters. The summed E-state index contributed by atoms with van der Waals surface area (Å²) in [7, 11) is 0. The van der Waals surface area contributed by atoms with Gasteiger partial charge in [-0.15, -0.1) is 5.10 Å². The molecule has 2 amide bonds. The first-order valence-electron chi connectivity index (χ1n) is 12.0. The van der Waals surface area contributed by atoms with Gasteiger partial charge in [-0.05, 0) is 45.9 Å². The number of aromatic amines is 1. The van der Waals surface area contributed by atoms with Gasteiger partial charge in [0.05, 0.1) is 5.25 Å². The zero-order valence-corrected chi connectivity index (χ0v) is 21.5. The number of nitrogens with one attached hydrogen (secondary N) is 2. The number of aromatic nitrogens is 4. The second-order valence-corrected chi connectivity index (χ2v) is 9.62. The summed E-state index contributed by atoms with van der Waals surface area (Å²) in [4.78, 5) is 26.8. The van der Waals surface area contributed by atoms with Gasteiger partial charge in [-0.25, -0.2) is 5.10 Å². The summed E-state index contributed by atoms with van der Waals surface area (Å²) in [6, 6.07) is 16.1. The number of amides is 2. The number of hydrogen-bond donors (Lipinski definition) is 3. The maximum Gasteiger partial charge on any atom is 0.232 e. The first kappa shape index (κ1) is 26.4. The second-order valence-electron chi connectivity index (χ2n) is 8.99. The fourth-order valence-electron chi connectivity index (χ4n) is 3.87. The monoisotopic (exact) mass is 494 g/mol. The van der Waals surface area contributed by atoms with Crippen LogP contribution >= 0.6 is 12.6 Å². The molecule has 0 spiro atoms. The number of rotatable bonds is 12. The summed E-state index contributed by atoms with van der Waals surface area (Å²) in [6.45, 7) is 7.47. The van der Waals surface area contributed by atoms with Crippen LogP contribution in [-0.4, -0.2) is 55.7 Å². The van der Waals surface area contributed by atoms with Crippen molar-refractivity contribution >= 4 is 24.4 Å². The minimum Gasteiger partial charge on any atom is -0.353 e. The zero-order chi connectivity index (χ0) is 25.2. The summed E-state index contributed by atoms with van der Waals surface area (Å²) in [5.74, 6) is 1.00. The van der Waals surface area contributed by atoms with E-state index in [9.17, 15) is 9.59 Å². The van der Waals surface area contributed by atoms with Crippen molar-refractivity contribution < 1.29 is 9.59 Å². The van der Waals surface area contributed by atoms with Gasteiger partial charge in [-0.1, -0.05) is 69.3 Å². The third-order valence-electron chi connectivity index (χ3n) is 5.66. The second kappa shape index (κ2) is 13.0. The highest BCUT2D eigenvalue weighted by atomic mass is 32.1. The van der Waals surface area contributed by atoms with Crippen LogP contribution in [0.2, 0.25) is 0 Å². The molecule has 0 saturated carbocycles. The number of carbonyl (C=O) groups is 2. The average Bonchev–Trinajstić information content (AvgIpc) is 3.38. The zero-order valence-electron chi connectivity index (χ0n) is 20.6. The Morgan fingerprint density at radius 1 is 1.09 bits per heavy atom. The number of benzene rings is 2. The van der Waals surface area contributed by atoms with Gasteiger partial charge in [-0.3, -0.25) is 9.59 Å². The van der Waals surface area contributed by atoms with Crippen LogP contribution in [0.25, 0.3) is 22.5 Å². The Labute approximate surface area is 212 Å². The predicted molar refractivity (Wildman–Crippen MR) is 141 cm³/mol. The van der Waals surface area contributed by atoms with Crippen molar-refractivity contribution in [2.45, 2.75) is 51.8 Å². The lowest BCUT2D eigenvalue weighted by Crippen LogP contribution is -2.40. The van der Waals surface area contributed by atoms with Gasteiger partial charge in [0.1, 0.15) is 0 Å². The molecule has 0 aliphatic rings. The van der Waals surface area contributed by atoms with Crippen molar-refractivity contribution in [1.29, 1.82) is 0 Å². The van der Waals surface area contributed by atoms with Crippen LogP contribution in [-0.2, 0) is 16.1 Å². The van der Waals surface area contributed by atoms with Crippen LogP contribution in [0.3, 0.4) is 0 Å². The van der Waals surface area contributed by atoms with Crippen LogP contribution in [0.4, 0.5) is 0 Å². The number of thiol groups is 1. The SMILES string of the molecule is CCCC(=O)N(CCNC(=O)[C@H](S)CC(C)C)Cc1ccc(-c2ccccc2-c2nnn[nH]2)cc1. The summed E-state index contributed by atoms with van der Waals surface area (Å²) in [6.07, 6.45) is 1.98. The molecule has 0 radical (unpaired) electrons. The van der Waals surface area contributed by atoms with Gasteiger partial charge >= 0.3 is 0 Å². The Morgan fingerprint density at radius 2 is 1.80 bits per heavy atom. The number of nitrogens with zero attached hydrogens (tertiary/aromatic N) is 4. The Bertz CT molecular complexity index is 1090.